The fourth-order valence-corrected chi connectivity index (χ4v) is 2.61. The van der Waals surface area contributed by atoms with Gasteiger partial charge in [0.25, 0.3) is 0 Å². The highest BCUT2D eigenvalue weighted by Crippen LogP contribution is 2.28. The summed E-state index contributed by atoms with van der Waals surface area (Å²) in [6, 6.07) is 4.94. The molecule has 1 aromatic carbocycles. The summed E-state index contributed by atoms with van der Waals surface area (Å²) in [7, 11) is 0. The number of amidine groups is 1. The SMILES string of the molecule is Cc1cc(F)cc(NC2=NCC(C)(C)CS2)c1. The summed E-state index contributed by atoms with van der Waals surface area (Å²) in [6.07, 6.45) is 0. The van der Waals surface area contributed by atoms with Crippen molar-refractivity contribution in [2.24, 2.45) is 10.4 Å². The third-order valence-electron chi connectivity index (χ3n) is 2.54. The molecule has 0 fully saturated rings. The van der Waals surface area contributed by atoms with E-state index in [9.17, 15) is 4.39 Å². The highest BCUT2D eigenvalue weighted by atomic mass is 32.2. The zero-order chi connectivity index (χ0) is 12.5. The number of nitrogens with one attached hydrogen (secondary N) is 1. The van der Waals surface area contributed by atoms with Gasteiger partial charge in [0.15, 0.2) is 5.17 Å². The average molecular weight is 252 g/mol. The van der Waals surface area contributed by atoms with Crippen LogP contribution in [0.25, 0.3) is 0 Å². The van der Waals surface area contributed by atoms with Gasteiger partial charge < -0.3 is 5.32 Å². The van der Waals surface area contributed by atoms with E-state index in [4.69, 9.17) is 0 Å². The van der Waals surface area contributed by atoms with E-state index in [1.165, 1.54) is 12.1 Å². The van der Waals surface area contributed by atoms with Crippen LogP contribution >= 0.6 is 11.8 Å². The molecule has 0 atom stereocenters. The number of aryl methyl sites for hydroxylation is 1. The lowest BCUT2D eigenvalue weighted by molar-refractivity contribution is 0.438. The van der Waals surface area contributed by atoms with Gasteiger partial charge in [0.05, 0.1) is 0 Å². The van der Waals surface area contributed by atoms with Gasteiger partial charge in [0, 0.05) is 18.0 Å². The lowest BCUT2D eigenvalue weighted by atomic mass is 9.97. The smallest absolute Gasteiger partial charge is 0.161 e. The van der Waals surface area contributed by atoms with E-state index in [0.717, 1.165) is 28.7 Å². The van der Waals surface area contributed by atoms with Crippen molar-refractivity contribution in [2.45, 2.75) is 20.8 Å². The third kappa shape index (κ3) is 3.46. The molecule has 0 aromatic heterocycles. The van der Waals surface area contributed by atoms with Crippen LogP contribution < -0.4 is 5.32 Å². The predicted molar refractivity (Wildman–Crippen MR) is 73.3 cm³/mol. The van der Waals surface area contributed by atoms with Gasteiger partial charge in [-0.05, 0) is 36.1 Å². The average Bonchev–Trinajstić information content (AvgIpc) is 2.20. The van der Waals surface area contributed by atoms with Gasteiger partial charge in [-0.15, -0.1) is 0 Å². The van der Waals surface area contributed by atoms with Crippen molar-refractivity contribution < 1.29 is 4.39 Å². The summed E-state index contributed by atoms with van der Waals surface area (Å²) in [4.78, 5) is 4.48. The quantitative estimate of drug-likeness (QED) is 0.824. The van der Waals surface area contributed by atoms with Gasteiger partial charge in [-0.25, -0.2) is 4.39 Å². The molecule has 0 bridgehead atoms. The second kappa shape index (κ2) is 4.69. The van der Waals surface area contributed by atoms with Crippen molar-refractivity contribution in [3.05, 3.63) is 29.6 Å². The molecule has 0 amide bonds. The van der Waals surface area contributed by atoms with Crippen LogP contribution in [-0.4, -0.2) is 17.5 Å². The first kappa shape index (κ1) is 12.4. The summed E-state index contributed by atoms with van der Waals surface area (Å²) < 4.78 is 13.2. The number of hydrogen-bond donors (Lipinski definition) is 1. The minimum Gasteiger partial charge on any atom is -0.335 e. The minimum atomic E-state index is -0.214. The molecule has 1 N–H and O–H groups in total. The number of hydrogen-bond acceptors (Lipinski definition) is 3. The first-order valence-corrected chi connectivity index (χ1v) is 6.65. The monoisotopic (exact) mass is 252 g/mol. The van der Waals surface area contributed by atoms with E-state index in [2.05, 4.69) is 24.2 Å². The van der Waals surface area contributed by atoms with Crippen LogP contribution in [0.2, 0.25) is 0 Å². The first-order chi connectivity index (χ1) is 7.94. The molecule has 1 aliphatic rings. The Balaban J connectivity index is 2.09. The summed E-state index contributed by atoms with van der Waals surface area (Å²) in [5, 5.41) is 4.06. The molecule has 0 radical (unpaired) electrons. The topological polar surface area (TPSA) is 24.4 Å². The van der Waals surface area contributed by atoms with Crippen molar-refractivity contribution >= 4 is 22.6 Å². The number of anilines is 1. The lowest BCUT2D eigenvalue weighted by Crippen LogP contribution is -2.27. The Morgan fingerprint density at radius 1 is 1.35 bits per heavy atom. The summed E-state index contributed by atoms with van der Waals surface area (Å²) in [6.45, 7) is 7.10. The van der Waals surface area contributed by atoms with Crippen LogP contribution in [0, 0.1) is 18.2 Å². The Kier molecular flexibility index (Phi) is 3.43. The zero-order valence-corrected chi connectivity index (χ0v) is 11.2. The molecule has 4 heteroatoms. The molecule has 1 aromatic rings. The molecule has 0 aliphatic carbocycles. The fraction of sp³-hybridized carbons (Fsp3) is 0.462. The highest BCUT2D eigenvalue weighted by molar-refractivity contribution is 8.14. The van der Waals surface area contributed by atoms with Gasteiger partial charge in [0.2, 0.25) is 0 Å². The van der Waals surface area contributed by atoms with Gasteiger partial charge in [-0.3, -0.25) is 4.99 Å². The third-order valence-corrected chi connectivity index (χ3v) is 3.97. The molecule has 1 aliphatic heterocycles. The van der Waals surface area contributed by atoms with Gasteiger partial charge >= 0.3 is 0 Å². The van der Waals surface area contributed by atoms with E-state index >= 15 is 0 Å². The molecule has 17 heavy (non-hydrogen) atoms. The molecule has 92 valence electrons. The molecule has 0 saturated carbocycles. The summed E-state index contributed by atoms with van der Waals surface area (Å²) >= 11 is 1.69. The van der Waals surface area contributed by atoms with Gasteiger partial charge in [0.1, 0.15) is 5.82 Å². The maximum absolute atomic E-state index is 13.2. The Morgan fingerprint density at radius 2 is 2.12 bits per heavy atom. The second-order valence-electron chi connectivity index (χ2n) is 5.22. The molecule has 1 heterocycles. The maximum atomic E-state index is 13.2. The number of aliphatic imine (C=N–C) groups is 1. The molecule has 0 unspecified atom stereocenters. The van der Waals surface area contributed by atoms with Crippen LogP contribution in [0.4, 0.5) is 10.1 Å². The van der Waals surface area contributed by atoms with Crippen LogP contribution in [0.1, 0.15) is 19.4 Å². The largest absolute Gasteiger partial charge is 0.335 e. The van der Waals surface area contributed by atoms with Crippen molar-refractivity contribution in [1.82, 2.24) is 0 Å². The Labute approximate surface area is 106 Å². The normalized spacial score (nSPS) is 18.7. The van der Waals surface area contributed by atoms with E-state index < -0.39 is 0 Å². The molecule has 2 rings (SSSR count). The van der Waals surface area contributed by atoms with Crippen LogP contribution in [0.15, 0.2) is 23.2 Å². The number of rotatable bonds is 1. The highest BCUT2D eigenvalue weighted by Gasteiger charge is 2.23. The Morgan fingerprint density at radius 3 is 2.71 bits per heavy atom. The molecular formula is C13H17FN2S. The number of thioether (sulfide) groups is 1. The van der Waals surface area contributed by atoms with E-state index in [1.807, 2.05) is 13.0 Å². The molecule has 0 spiro atoms. The predicted octanol–water partition coefficient (Wildman–Crippen LogP) is 3.68. The van der Waals surface area contributed by atoms with E-state index in [0.29, 0.717) is 0 Å². The fourth-order valence-electron chi connectivity index (χ4n) is 1.65. The minimum absolute atomic E-state index is 0.214. The van der Waals surface area contributed by atoms with Crippen LogP contribution in [0.3, 0.4) is 0 Å². The standard InChI is InChI=1S/C13H17FN2S/c1-9-4-10(14)6-11(5-9)16-12-15-7-13(2,3)8-17-12/h4-6H,7-8H2,1-3H3,(H,15,16). The van der Waals surface area contributed by atoms with E-state index in [1.54, 1.807) is 11.8 Å². The molecule has 0 saturated heterocycles. The zero-order valence-electron chi connectivity index (χ0n) is 10.4. The van der Waals surface area contributed by atoms with Crippen LogP contribution in [0.5, 0.6) is 0 Å². The lowest BCUT2D eigenvalue weighted by Gasteiger charge is -2.27. The van der Waals surface area contributed by atoms with Crippen molar-refractivity contribution in [1.29, 1.82) is 0 Å². The van der Waals surface area contributed by atoms with Gasteiger partial charge in [-0.1, -0.05) is 25.6 Å². The Bertz CT molecular complexity index is 434. The first-order valence-electron chi connectivity index (χ1n) is 5.66. The van der Waals surface area contributed by atoms with Crippen molar-refractivity contribution in [3.63, 3.8) is 0 Å². The van der Waals surface area contributed by atoms with Crippen LogP contribution in [-0.2, 0) is 0 Å². The number of benzene rings is 1. The van der Waals surface area contributed by atoms with Crippen molar-refractivity contribution in [2.75, 3.05) is 17.6 Å². The number of halogens is 1. The van der Waals surface area contributed by atoms with E-state index in [-0.39, 0.29) is 11.2 Å². The molecule has 2 nitrogen and oxygen atoms in total. The summed E-state index contributed by atoms with van der Waals surface area (Å²) in [5.41, 5.74) is 1.94. The number of nitrogens with zero attached hydrogens (tertiary/aromatic N) is 1. The second-order valence-corrected chi connectivity index (χ2v) is 6.18. The maximum Gasteiger partial charge on any atom is 0.161 e. The molecular weight excluding hydrogens is 235 g/mol. The van der Waals surface area contributed by atoms with Gasteiger partial charge in [-0.2, -0.15) is 0 Å². The van der Waals surface area contributed by atoms with Crippen molar-refractivity contribution in [3.8, 4) is 0 Å². The summed E-state index contributed by atoms with van der Waals surface area (Å²) in [5.74, 6) is 0.821. The Hall–Kier alpha value is -1.03.